The predicted molar refractivity (Wildman–Crippen MR) is 78.4 cm³/mol. The molecule has 0 aliphatic rings. The number of hydrogen-bond donors (Lipinski definition) is 1. The minimum atomic E-state index is -0.348. The van der Waals surface area contributed by atoms with Gasteiger partial charge in [0.05, 0.1) is 0 Å². The van der Waals surface area contributed by atoms with E-state index < -0.39 is 0 Å². The van der Waals surface area contributed by atoms with Crippen LogP contribution in [0, 0.1) is 5.82 Å². The van der Waals surface area contributed by atoms with E-state index in [2.05, 4.69) is 20.9 Å². The van der Waals surface area contributed by atoms with Gasteiger partial charge in [-0.3, -0.25) is 0 Å². The topological polar surface area (TPSA) is 42.1 Å². The highest BCUT2D eigenvalue weighted by Gasteiger charge is 2.13. The Hall–Kier alpha value is -1.46. The average Bonchev–Trinajstić information content (AvgIpc) is 2.39. The van der Waals surface area contributed by atoms with Gasteiger partial charge in [-0.1, -0.05) is 30.3 Å². The lowest BCUT2D eigenvalue weighted by atomic mass is 10.2. The zero-order valence-corrected chi connectivity index (χ0v) is 12.0. The maximum Gasteiger partial charge on any atom is 0.166 e. The molecule has 3 nitrogen and oxygen atoms in total. The van der Waals surface area contributed by atoms with Crippen molar-refractivity contribution in [1.29, 1.82) is 0 Å². The fourth-order valence-electron chi connectivity index (χ4n) is 1.86. The molecule has 0 radical (unpaired) electrons. The van der Waals surface area contributed by atoms with E-state index in [1.54, 1.807) is 6.20 Å². The SMILES string of the molecule is NCCN(Cc1ccccc1)c1ncc(Br)cc1F. The number of benzene rings is 1. The Bertz CT molecular complexity index is 533. The summed E-state index contributed by atoms with van der Waals surface area (Å²) >= 11 is 3.21. The molecule has 0 saturated carbocycles. The van der Waals surface area contributed by atoms with Gasteiger partial charge in [0.15, 0.2) is 11.6 Å². The van der Waals surface area contributed by atoms with Gasteiger partial charge in [0.2, 0.25) is 0 Å². The number of hydrogen-bond acceptors (Lipinski definition) is 3. The average molecular weight is 324 g/mol. The van der Waals surface area contributed by atoms with Crippen LogP contribution in [0.2, 0.25) is 0 Å². The summed E-state index contributed by atoms with van der Waals surface area (Å²) in [5.41, 5.74) is 6.70. The quantitative estimate of drug-likeness (QED) is 0.919. The van der Waals surface area contributed by atoms with Crippen molar-refractivity contribution in [2.75, 3.05) is 18.0 Å². The summed E-state index contributed by atoms with van der Waals surface area (Å²) in [6, 6.07) is 11.3. The molecule has 0 aliphatic heterocycles. The number of anilines is 1. The predicted octanol–water partition coefficient (Wildman–Crippen LogP) is 2.95. The number of pyridine rings is 1. The Morgan fingerprint density at radius 1 is 1.26 bits per heavy atom. The molecule has 0 unspecified atom stereocenters. The maximum absolute atomic E-state index is 14.0. The molecule has 0 saturated heterocycles. The molecule has 0 atom stereocenters. The van der Waals surface area contributed by atoms with Gasteiger partial charge in [0.1, 0.15) is 0 Å². The summed E-state index contributed by atoms with van der Waals surface area (Å²) in [5, 5.41) is 0. The summed E-state index contributed by atoms with van der Waals surface area (Å²) in [5.74, 6) is -0.0174. The minimum absolute atomic E-state index is 0.331. The first kappa shape index (κ1) is 14.0. The first-order valence-electron chi connectivity index (χ1n) is 6.00. The van der Waals surface area contributed by atoms with Gasteiger partial charge in [0.25, 0.3) is 0 Å². The summed E-state index contributed by atoms with van der Waals surface area (Å²) in [7, 11) is 0. The highest BCUT2D eigenvalue weighted by molar-refractivity contribution is 9.10. The molecule has 2 aromatic rings. The van der Waals surface area contributed by atoms with Crippen molar-refractivity contribution in [2.24, 2.45) is 5.73 Å². The van der Waals surface area contributed by atoms with Gasteiger partial charge in [-0.15, -0.1) is 0 Å². The van der Waals surface area contributed by atoms with Crippen molar-refractivity contribution in [3.05, 3.63) is 58.4 Å². The summed E-state index contributed by atoms with van der Waals surface area (Å²) in [4.78, 5) is 5.99. The first-order chi connectivity index (χ1) is 9.20. The summed E-state index contributed by atoms with van der Waals surface area (Å²) < 4.78 is 14.6. The van der Waals surface area contributed by atoms with Gasteiger partial charge < -0.3 is 10.6 Å². The zero-order valence-electron chi connectivity index (χ0n) is 10.4. The number of aromatic nitrogens is 1. The molecule has 1 heterocycles. The van der Waals surface area contributed by atoms with Crippen molar-refractivity contribution >= 4 is 21.7 Å². The van der Waals surface area contributed by atoms with E-state index in [1.807, 2.05) is 35.2 Å². The third-order valence-corrected chi connectivity index (χ3v) is 3.14. The van der Waals surface area contributed by atoms with Crippen LogP contribution in [0.4, 0.5) is 10.2 Å². The molecule has 1 aromatic carbocycles. The molecule has 0 aliphatic carbocycles. The third kappa shape index (κ3) is 3.75. The van der Waals surface area contributed by atoms with Crippen LogP contribution in [0.25, 0.3) is 0 Å². The molecular weight excluding hydrogens is 309 g/mol. The Morgan fingerprint density at radius 3 is 2.63 bits per heavy atom. The van der Waals surface area contributed by atoms with Crippen LogP contribution >= 0.6 is 15.9 Å². The Kier molecular flexibility index (Phi) is 4.87. The molecular formula is C14H15BrFN3. The van der Waals surface area contributed by atoms with E-state index in [4.69, 9.17) is 5.73 Å². The molecule has 2 N–H and O–H groups in total. The van der Waals surface area contributed by atoms with Crippen LogP contribution < -0.4 is 10.6 Å². The number of nitrogens with two attached hydrogens (primary N) is 1. The van der Waals surface area contributed by atoms with Crippen molar-refractivity contribution in [1.82, 2.24) is 4.98 Å². The molecule has 2 rings (SSSR count). The van der Waals surface area contributed by atoms with E-state index in [9.17, 15) is 4.39 Å². The highest BCUT2D eigenvalue weighted by Crippen LogP contribution is 2.21. The van der Waals surface area contributed by atoms with Crippen LogP contribution in [-0.2, 0) is 6.54 Å². The molecule has 0 amide bonds. The minimum Gasteiger partial charge on any atom is -0.349 e. The van der Waals surface area contributed by atoms with Crippen LogP contribution in [0.3, 0.4) is 0 Å². The molecule has 0 fully saturated rings. The van der Waals surface area contributed by atoms with Crippen LogP contribution in [-0.4, -0.2) is 18.1 Å². The highest BCUT2D eigenvalue weighted by atomic mass is 79.9. The molecule has 0 bridgehead atoms. The van der Waals surface area contributed by atoms with Crippen molar-refractivity contribution in [3.63, 3.8) is 0 Å². The van der Waals surface area contributed by atoms with Crippen LogP contribution in [0.15, 0.2) is 47.1 Å². The Labute approximate surface area is 120 Å². The lowest BCUT2D eigenvalue weighted by Gasteiger charge is -2.23. The number of rotatable bonds is 5. The maximum atomic E-state index is 14.0. The molecule has 100 valence electrons. The smallest absolute Gasteiger partial charge is 0.166 e. The Morgan fingerprint density at radius 2 is 2.00 bits per heavy atom. The second-order valence-corrected chi connectivity index (χ2v) is 5.07. The van der Waals surface area contributed by atoms with E-state index in [0.717, 1.165) is 5.56 Å². The van der Waals surface area contributed by atoms with E-state index in [-0.39, 0.29) is 5.82 Å². The standard InChI is InChI=1S/C14H15BrFN3/c15-12-8-13(16)14(18-9-12)19(7-6-17)10-11-4-2-1-3-5-11/h1-5,8-9H,6-7,10,17H2. The second kappa shape index (κ2) is 6.63. The van der Waals surface area contributed by atoms with Crippen LogP contribution in [0.1, 0.15) is 5.56 Å². The largest absolute Gasteiger partial charge is 0.349 e. The third-order valence-electron chi connectivity index (χ3n) is 2.70. The molecule has 5 heteroatoms. The normalized spacial score (nSPS) is 10.5. The van der Waals surface area contributed by atoms with Crippen molar-refractivity contribution in [3.8, 4) is 0 Å². The van der Waals surface area contributed by atoms with Crippen molar-refractivity contribution < 1.29 is 4.39 Å². The summed E-state index contributed by atoms with van der Waals surface area (Å²) in [6.45, 7) is 1.59. The van der Waals surface area contributed by atoms with Gasteiger partial charge in [-0.05, 0) is 27.6 Å². The van der Waals surface area contributed by atoms with Gasteiger partial charge >= 0.3 is 0 Å². The van der Waals surface area contributed by atoms with Gasteiger partial charge in [-0.25, -0.2) is 9.37 Å². The van der Waals surface area contributed by atoms with Crippen LogP contribution in [0.5, 0.6) is 0 Å². The lowest BCUT2D eigenvalue weighted by molar-refractivity contribution is 0.606. The van der Waals surface area contributed by atoms with E-state index in [0.29, 0.717) is 29.9 Å². The molecule has 1 aromatic heterocycles. The Balaban J connectivity index is 2.24. The van der Waals surface area contributed by atoms with E-state index >= 15 is 0 Å². The summed E-state index contributed by atoms with van der Waals surface area (Å²) in [6.07, 6.45) is 1.59. The monoisotopic (exact) mass is 323 g/mol. The number of nitrogens with zero attached hydrogens (tertiary/aromatic N) is 2. The molecule has 19 heavy (non-hydrogen) atoms. The lowest BCUT2D eigenvalue weighted by Crippen LogP contribution is -2.30. The van der Waals surface area contributed by atoms with Crippen molar-refractivity contribution in [2.45, 2.75) is 6.54 Å². The zero-order chi connectivity index (χ0) is 13.7. The fourth-order valence-corrected chi connectivity index (χ4v) is 2.16. The first-order valence-corrected chi connectivity index (χ1v) is 6.80. The number of halogens is 2. The molecule has 0 spiro atoms. The van der Waals surface area contributed by atoms with Gasteiger partial charge in [0, 0.05) is 30.3 Å². The second-order valence-electron chi connectivity index (χ2n) is 4.15. The van der Waals surface area contributed by atoms with Gasteiger partial charge in [-0.2, -0.15) is 0 Å². The van der Waals surface area contributed by atoms with E-state index in [1.165, 1.54) is 6.07 Å². The fraction of sp³-hybridized carbons (Fsp3) is 0.214.